The monoisotopic (exact) mass is 439 g/mol. The Kier molecular flexibility index (Phi) is 7.80. The second-order valence-corrected chi connectivity index (χ2v) is 8.83. The molecule has 1 aliphatic heterocycles. The van der Waals surface area contributed by atoms with Gasteiger partial charge in [0.25, 0.3) is 0 Å². The van der Waals surface area contributed by atoms with Crippen LogP contribution in [0.3, 0.4) is 0 Å². The Morgan fingerprint density at radius 3 is 2.19 bits per heavy atom. The summed E-state index contributed by atoms with van der Waals surface area (Å²) in [6.45, 7) is 7.12. The molecule has 1 amide bonds. The van der Waals surface area contributed by atoms with Crippen LogP contribution in [-0.4, -0.2) is 67.3 Å². The van der Waals surface area contributed by atoms with Gasteiger partial charge in [0.15, 0.2) is 5.78 Å². The minimum Gasteiger partial charge on any atom is -0.340 e. The van der Waals surface area contributed by atoms with E-state index in [0.717, 1.165) is 37.3 Å². The predicted octanol–water partition coefficient (Wildman–Crippen LogP) is 3.50. The summed E-state index contributed by atoms with van der Waals surface area (Å²) in [5.41, 5.74) is 1.78. The number of hydrogen-bond acceptors (Lipinski definition) is 4. The van der Waals surface area contributed by atoms with Crippen molar-refractivity contribution in [2.24, 2.45) is 0 Å². The van der Waals surface area contributed by atoms with Crippen LogP contribution < -0.4 is 5.32 Å². The summed E-state index contributed by atoms with van der Waals surface area (Å²) in [6, 6.07) is 13.8. The molecule has 3 rings (SSSR count). The van der Waals surface area contributed by atoms with E-state index in [9.17, 15) is 14.0 Å². The number of carbonyl (C=O) groups is 2. The molecule has 1 fully saturated rings. The molecule has 1 saturated heterocycles. The van der Waals surface area contributed by atoms with Crippen molar-refractivity contribution in [1.29, 1.82) is 0 Å². The van der Waals surface area contributed by atoms with Gasteiger partial charge in [-0.3, -0.25) is 14.5 Å². The molecule has 2 aromatic rings. The Hall–Kier alpha value is -2.57. The number of halogens is 1. The van der Waals surface area contributed by atoms with Gasteiger partial charge in [0, 0.05) is 31.7 Å². The lowest BCUT2D eigenvalue weighted by Gasteiger charge is -2.38. The molecular weight excluding hydrogens is 405 g/mol. The second-order valence-electron chi connectivity index (χ2n) is 8.83. The number of hydrogen-bond donors (Lipinski definition) is 1. The quantitative estimate of drug-likeness (QED) is 0.640. The van der Waals surface area contributed by atoms with E-state index in [-0.39, 0.29) is 23.4 Å². The zero-order chi connectivity index (χ0) is 23.3. The summed E-state index contributed by atoms with van der Waals surface area (Å²) >= 11 is 0. The number of benzene rings is 2. The summed E-state index contributed by atoms with van der Waals surface area (Å²) in [7, 11) is 3.82. The molecule has 2 unspecified atom stereocenters. The van der Waals surface area contributed by atoms with E-state index in [1.165, 1.54) is 12.1 Å². The first kappa shape index (κ1) is 24.1. The van der Waals surface area contributed by atoms with E-state index in [1.807, 2.05) is 62.0 Å². The Labute approximate surface area is 190 Å². The highest BCUT2D eigenvalue weighted by Gasteiger charge is 2.39. The third-order valence-electron chi connectivity index (χ3n) is 6.75. The maximum atomic E-state index is 13.5. The van der Waals surface area contributed by atoms with Crippen molar-refractivity contribution in [3.63, 3.8) is 0 Å². The number of nitrogens with zero attached hydrogens (tertiary/aromatic N) is 2. The molecule has 172 valence electrons. The molecule has 6 heteroatoms. The molecule has 32 heavy (non-hydrogen) atoms. The number of ketones is 1. The van der Waals surface area contributed by atoms with Crippen molar-refractivity contribution < 1.29 is 14.0 Å². The van der Waals surface area contributed by atoms with Crippen LogP contribution in [0.25, 0.3) is 0 Å². The lowest BCUT2D eigenvalue weighted by atomic mass is 9.80. The number of likely N-dealkylation sites (N-methyl/N-ethyl adjacent to an activating group) is 1. The van der Waals surface area contributed by atoms with Gasteiger partial charge in [-0.15, -0.1) is 0 Å². The maximum absolute atomic E-state index is 13.5. The maximum Gasteiger partial charge on any atom is 0.229 e. The summed E-state index contributed by atoms with van der Waals surface area (Å²) in [5.74, 6) is -0.417. The lowest BCUT2D eigenvalue weighted by molar-refractivity contribution is -0.133. The van der Waals surface area contributed by atoms with Gasteiger partial charge in [-0.05, 0) is 69.3 Å². The first-order valence-electron chi connectivity index (χ1n) is 11.3. The average Bonchev–Trinajstić information content (AvgIpc) is 2.82. The van der Waals surface area contributed by atoms with Crippen molar-refractivity contribution in [2.75, 3.05) is 40.3 Å². The fraction of sp³-hybridized carbons (Fsp3) is 0.462. The van der Waals surface area contributed by atoms with E-state index in [1.54, 1.807) is 12.1 Å². The van der Waals surface area contributed by atoms with Crippen LogP contribution >= 0.6 is 0 Å². The number of carbonyl (C=O) groups excluding carboxylic acids is 2. The zero-order valence-electron chi connectivity index (χ0n) is 19.5. The molecular formula is C26H34FN3O2. The highest BCUT2D eigenvalue weighted by Crippen LogP contribution is 2.29. The van der Waals surface area contributed by atoms with Crippen LogP contribution in [0.5, 0.6) is 0 Å². The minimum absolute atomic E-state index is 0.0173. The molecule has 1 heterocycles. The van der Waals surface area contributed by atoms with Gasteiger partial charge in [-0.25, -0.2) is 4.39 Å². The molecule has 1 N–H and O–H groups in total. The normalized spacial score (nSPS) is 17.1. The molecule has 2 aromatic carbocycles. The number of amides is 1. The first-order valence-corrected chi connectivity index (χ1v) is 11.3. The summed E-state index contributed by atoms with van der Waals surface area (Å²) in [4.78, 5) is 30.2. The Morgan fingerprint density at radius 1 is 1.06 bits per heavy atom. The number of rotatable bonds is 8. The molecule has 0 saturated carbocycles. The lowest BCUT2D eigenvalue weighted by Crippen LogP contribution is -2.52. The van der Waals surface area contributed by atoms with Gasteiger partial charge < -0.3 is 10.2 Å². The van der Waals surface area contributed by atoms with Crippen LogP contribution in [0.15, 0.2) is 48.5 Å². The fourth-order valence-electron chi connectivity index (χ4n) is 4.48. The molecule has 0 spiro atoms. The van der Waals surface area contributed by atoms with Crippen molar-refractivity contribution in [2.45, 2.75) is 38.1 Å². The minimum atomic E-state index is -0.735. The van der Waals surface area contributed by atoms with Gasteiger partial charge in [-0.1, -0.05) is 31.2 Å². The van der Waals surface area contributed by atoms with E-state index < -0.39 is 5.54 Å². The highest BCUT2D eigenvalue weighted by atomic mass is 19.1. The third-order valence-corrected chi connectivity index (χ3v) is 6.75. The SMILES string of the molecule is CCC(Cc1ccc(C(C)C(=O)N2CCNCC2)cc1)(C(=O)c1ccc(F)cc1)N(C)C. The Bertz CT molecular complexity index is 921. The van der Waals surface area contributed by atoms with Gasteiger partial charge in [-0.2, -0.15) is 0 Å². The van der Waals surface area contributed by atoms with Gasteiger partial charge in [0.2, 0.25) is 5.91 Å². The van der Waals surface area contributed by atoms with Gasteiger partial charge in [0.1, 0.15) is 5.82 Å². The van der Waals surface area contributed by atoms with Crippen LogP contribution in [0.4, 0.5) is 4.39 Å². The number of nitrogens with one attached hydrogen (secondary N) is 1. The number of Topliss-reactive ketones (excluding diaryl/α,β-unsaturated/α-hetero) is 1. The summed E-state index contributed by atoms with van der Waals surface area (Å²) in [6.07, 6.45) is 1.16. The van der Waals surface area contributed by atoms with Crippen LogP contribution in [0.1, 0.15) is 47.7 Å². The van der Waals surface area contributed by atoms with Crippen molar-refractivity contribution >= 4 is 11.7 Å². The second kappa shape index (κ2) is 10.4. The largest absolute Gasteiger partial charge is 0.340 e. The summed E-state index contributed by atoms with van der Waals surface area (Å²) < 4.78 is 13.4. The van der Waals surface area contributed by atoms with E-state index >= 15 is 0 Å². The Morgan fingerprint density at radius 2 is 1.66 bits per heavy atom. The predicted molar refractivity (Wildman–Crippen MR) is 125 cm³/mol. The van der Waals surface area contributed by atoms with E-state index in [4.69, 9.17) is 0 Å². The standard InChI is InChI=1S/C26H34FN3O2/c1-5-26(29(3)4,24(31)22-10-12-23(27)13-11-22)18-20-6-8-21(9-7-20)19(2)25(32)30-16-14-28-15-17-30/h6-13,19,28H,5,14-18H2,1-4H3. The average molecular weight is 440 g/mol. The molecule has 0 aromatic heterocycles. The number of piperazine rings is 1. The molecule has 5 nitrogen and oxygen atoms in total. The van der Waals surface area contributed by atoms with Gasteiger partial charge >= 0.3 is 0 Å². The highest BCUT2D eigenvalue weighted by molar-refractivity contribution is 6.03. The molecule has 0 aliphatic carbocycles. The van der Waals surface area contributed by atoms with Crippen LogP contribution in [0, 0.1) is 5.82 Å². The zero-order valence-corrected chi connectivity index (χ0v) is 19.5. The van der Waals surface area contributed by atoms with E-state index in [2.05, 4.69) is 5.32 Å². The van der Waals surface area contributed by atoms with Gasteiger partial charge in [0.05, 0.1) is 11.5 Å². The van der Waals surface area contributed by atoms with Crippen molar-refractivity contribution in [3.8, 4) is 0 Å². The van der Waals surface area contributed by atoms with Crippen LogP contribution in [0.2, 0.25) is 0 Å². The molecule has 2 atom stereocenters. The van der Waals surface area contributed by atoms with Crippen molar-refractivity contribution in [1.82, 2.24) is 15.1 Å². The third kappa shape index (κ3) is 5.08. The van der Waals surface area contributed by atoms with Crippen molar-refractivity contribution in [3.05, 3.63) is 71.0 Å². The van der Waals surface area contributed by atoms with Crippen LogP contribution in [-0.2, 0) is 11.2 Å². The molecule has 0 bridgehead atoms. The topological polar surface area (TPSA) is 52.7 Å². The first-order chi connectivity index (χ1) is 15.3. The van der Waals surface area contributed by atoms with E-state index in [0.29, 0.717) is 18.4 Å². The molecule has 0 radical (unpaired) electrons. The summed E-state index contributed by atoms with van der Waals surface area (Å²) in [5, 5.41) is 3.27. The molecule has 1 aliphatic rings. The fourth-order valence-corrected chi connectivity index (χ4v) is 4.48. The Balaban J connectivity index is 1.79. The smallest absolute Gasteiger partial charge is 0.229 e.